The number of aryl methyl sites for hydroxylation is 1. The van der Waals surface area contributed by atoms with E-state index >= 15 is 0 Å². The first-order valence-electron chi connectivity index (χ1n) is 7.59. The second-order valence-corrected chi connectivity index (χ2v) is 7.90. The molecule has 122 valence electrons. The Balaban J connectivity index is 0.00000192. The van der Waals surface area contributed by atoms with Gasteiger partial charge in [-0.15, -0.1) is 0 Å². The zero-order valence-electron chi connectivity index (χ0n) is 12.6. The number of carbonyl (C=O) groups excluding carboxylic acids is 1. The first-order valence-corrected chi connectivity index (χ1v) is 9.07. The van der Waals surface area contributed by atoms with Gasteiger partial charge in [0.1, 0.15) is 0 Å². The molecule has 1 aromatic rings. The Hall–Kier alpha value is -0.600. The molecule has 1 aromatic carbocycles. The van der Waals surface area contributed by atoms with Crippen LogP contribution in [0.2, 0.25) is 0 Å². The van der Waals surface area contributed by atoms with Gasteiger partial charge in [-0.25, -0.2) is 22.9 Å². The summed E-state index contributed by atoms with van der Waals surface area (Å²) in [4.78, 5) is 12.0. The molecule has 2 aliphatic rings. The summed E-state index contributed by atoms with van der Waals surface area (Å²) in [6.45, 7) is 3.49. The van der Waals surface area contributed by atoms with E-state index in [-0.39, 0.29) is 34.5 Å². The summed E-state index contributed by atoms with van der Waals surface area (Å²) >= 11 is 0. The molecule has 1 heterocycles. The zero-order chi connectivity index (χ0) is 15.7. The standard InChI is InChI=1S/C15H21N3O3S.Na.H/c1-11-5-7-14(8-6-11)22(20,21)17-15(19)16-18-9-12-3-2-4-13(12)10-18;;/h5-8,12-13H,2-4,9-10H2,1H3,(H2,16,17,19);;. The van der Waals surface area contributed by atoms with E-state index in [4.69, 9.17) is 0 Å². The van der Waals surface area contributed by atoms with Crippen molar-refractivity contribution in [3.8, 4) is 0 Å². The van der Waals surface area contributed by atoms with E-state index < -0.39 is 16.1 Å². The van der Waals surface area contributed by atoms with Crippen LogP contribution in [0.3, 0.4) is 0 Å². The number of nitrogens with zero attached hydrogens (tertiary/aromatic N) is 1. The Labute approximate surface area is 159 Å². The van der Waals surface area contributed by atoms with E-state index in [1.54, 1.807) is 12.1 Å². The maximum absolute atomic E-state index is 12.1. The molecule has 1 saturated carbocycles. The van der Waals surface area contributed by atoms with Crippen molar-refractivity contribution in [2.24, 2.45) is 11.8 Å². The number of nitrogens with one attached hydrogen (secondary N) is 2. The van der Waals surface area contributed by atoms with Crippen LogP contribution in [0, 0.1) is 18.8 Å². The van der Waals surface area contributed by atoms with Crippen molar-refractivity contribution in [3.05, 3.63) is 29.8 Å². The molecule has 2 atom stereocenters. The third-order valence-electron chi connectivity index (χ3n) is 4.54. The van der Waals surface area contributed by atoms with Crippen LogP contribution < -0.4 is 10.1 Å². The molecule has 23 heavy (non-hydrogen) atoms. The van der Waals surface area contributed by atoms with Gasteiger partial charge >= 0.3 is 35.6 Å². The van der Waals surface area contributed by atoms with E-state index in [0.717, 1.165) is 18.7 Å². The average Bonchev–Trinajstić information content (AvgIpc) is 2.99. The first-order chi connectivity index (χ1) is 10.4. The predicted molar refractivity (Wildman–Crippen MR) is 89.6 cm³/mol. The third-order valence-corrected chi connectivity index (χ3v) is 5.89. The molecular formula is C15H22N3NaO3S. The monoisotopic (exact) mass is 347 g/mol. The summed E-state index contributed by atoms with van der Waals surface area (Å²) in [7, 11) is -3.83. The van der Waals surface area contributed by atoms with Crippen LogP contribution in [-0.2, 0) is 10.0 Å². The van der Waals surface area contributed by atoms with Crippen LogP contribution in [0.1, 0.15) is 24.8 Å². The normalized spacial score (nSPS) is 23.9. The quantitative estimate of drug-likeness (QED) is 0.799. The van der Waals surface area contributed by atoms with E-state index in [1.165, 1.54) is 31.4 Å². The topological polar surface area (TPSA) is 78.5 Å². The predicted octanol–water partition coefficient (Wildman–Crippen LogP) is 0.981. The molecule has 2 fully saturated rings. The SMILES string of the molecule is Cc1ccc(S(=O)(=O)NC(=O)NN2CC3CCCC3C2)cc1.[NaH]. The number of benzene rings is 1. The molecule has 2 unspecified atom stereocenters. The zero-order valence-corrected chi connectivity index (χ0v) is 13.4. The van der Waals surface area contributed by atoms with E-state index in [2.05, 4.69) is 10.1 Å². The summed E-state index contributed by atoms with van der Waals surface area (Å²) in [5.41, 5.74) is 3.61. The number of sulfonamides is 1. The molecule has 0 aromatic heterocycles. The van der Waals surface area contributed by atoms with Gasteiger partial charge in [-0.05, 0) is 43.7 Å². The van der Waals surface area contributed by atoms with Gasteiger partial charge < -0.3 is 0 Å². The second kappa shape index (κ2) is 7.53. The summed E-state index contributed by atoms with van der Waals surface area (Å²) in [6, 6.07) is 5.69. The fourth-order valence-electron chi connectivity index (χ4n) is 3.39. The van der Waals surface area contributed by atoms with Gasteiger partial charge in [0.05, 0.1) is 4.90 Å². The molecule has 6 nitrogen and oxygen atoms in total. The van der Waals surface area contributed by atoms with Crippen molar-refractivity contribution in [1.29, 1.82) is 0 Å². The minimum atomic E-state index is -3.83. The molecule has 8 heteroatoms. The summed E-state index contributed by atoms with van der Waals surface area (Å²) < 4.78 is 26.3. The average molecular weight is 347 g/mol. The second-order valence-electron chi connectivity index (χ2n) is 6.22. The van der Waals surface area contributed by atoms with Gasteiger partial charge in [0, 0.05) is 13.1 Å². The molecule has 1 aliphatic carbocycles. The van der Waals surface area contributed by atoms with Crippen molar-refractivity contribution >= 4 is 45.6 Å². The number of carbonyl (C=O) groups is 1. The molecule has 0 radical (unpaired) electrons. The maximum atomic E-state index is 12.1. The van der Waals surface area contributed by atoms with Crippen LogP contribution in [-0.4, -0.2) is 62.1 Å². The van der Waals surface area contributed by atoms with Gasteiger partial charge in [-0.3, -0.25) is 5.43 Å². The van der Waals surface area contributed by atoms with Crippen molar-refractivity contribution < 1.29 is 13.2 Å². The van der Waals surface area contributed by atoms with Gasteiger partial charge in [0.2, 0.25) is 0 Å². The Kier molecular flexibility index (Phi) is 6.13. The van der Waals surface area contributed by atoms with Crippen LogP contribution >= 0.6 is 0 Å². The van der Waals surface area contributed by atoms with Crippen molar-refractivity contribution in [2.75, 3.05) is 13.1 Å². The molecule has 3 rings (SSSR count). The molecule has 1 saturated heterocycles. The minimum absolute atomic E-state index is 0. The Bertz CT molecular complexity index is 651. The Morgan fingerprint density at radius 1 is 1.13 bits per heavy atom. The number of rotatable bonds is 3. The Morgan fingerprint density at radius 2 is 1.70 bits per heavy atom. The van der Waals surface area contributed by atoms with E-state index in [0.29, 0.717) is 11.8 Å². The number of hydrazine groups is 1. The van der Waals surface area contributed by atoms with Crippen molar-refractivity contribution in [3.63, 3.8) is 0 Å². The summed E-state index contributed by atoms with van der Waals surface area (Å²) in [5.74, 6) is 1.27. The van der Waals surface area contributed by atoms with Gasteiger partial charge in [-0.2, -0.15) is 0 Å². The van der Waals surface area contributed by atoms with Crippen LogP contribution in [0.5, 0.6) is 0 Å². The molecule has 1 aliphatic heterocycles. The fourth-order valence-corrected chi connectivity index (χ4v) is 4.29. The Morgan fingerprint density at radius 3 is 2.26 bits per heavy atom. The third kappa shape index (κ3) is 4.48. The molecular weight excluding hydrogens is 325 g/mol. The van der Waals surface area contributed by atoms with Crippen molar-refractivity contribution in [2.45, 2.75) is 31.1 Å². The van der Waals surface area contributed by atoms with Crippen LogP contribution in [0.4, 0.5) is 4.79 Å². The van der Waals surface area contributed by atoms with Crippen molar-refractivity contribution in [1.82, 2.24) is 15.2 Å². The van der Waals surface area contributed by atoms with E-state index in [1.807, 2.05) is 11.9 Å². The number of hydrogen-bond donors (Lipinski definition) is 2. The number of urea groups is 1. The van der Waals surface area contributed by atoms with Crippen LogP contribution in [0.15, 0.2) is 29.2 Å². The number of fused-ring (bicyclic) bond motifs is 1. The molecule has 0 spiro atoms. The summed E-state index contributed by atoms with van der Waals surface area (Å²) in [5, 5.41) is 1.83. The molecule has 2 N–H and O–H groups in total. The van der Waals surface area contributed by atoms with Gasteiger partial charge in [0.25, 0.3) is 10.0 Å². The molecule has 2 amide bonds. The van der Waals surface area contributed by atoms with Gasteiger partial charge in [-0.1, -0.05) is 24.1 Å². The van der Waals surface area contributed by atoms with Crippen LogP contribution in [0.25, 0.3) is 0 Å². The molecule has 0 bridgehead atoms. The summed E-state index contributed by atoms with van der Waals surface area (Å²) in [6.07, 6.45) is 3.66. The van der Waals surface area contributed by atoms with Gasteiger partial charge in [0.15, 0.2) is 0 Å². The fraction of sp³-hybridized carbons (Fsp3) is 0.533. The van der Waals surface area contributed by atoms with E-state index in [9.17, 15) is 13.2 Å². The first kappa shape index (κ1) is 18.7. The number of amides is 2. The number of hydrogen-bond acceptors (Lipinski definition) is 4.